The normalized spacial score (nSPS) is 21.8. The van der Waals surface area contributed by atoms with Gasteiger partial charge in [0.05, 0.1) is 13.7 Å². The number of aliphatic hydroxyl groups is 2. The first kappa shape index (κ1) is 31.2. The van der Waals surface area contributed by atoms with Crippen molar-refractivity contribution >= 4 is 6.16 Å². The summed E-state index contributed by atoms with van der Waals surface area (Å²) in [4.78, 5) is 12.5. The molecule has 0 aliphatic carbocycles. The summed E-state index contributed by atoms with van der Waals surface area (Å²) in [6.45, 7) is -0.175. The highest BCUT2D eigenvalue weighted by molar-refractivity contribution is 5.60. The van der Waals surface area contributed by atoms with Crippen LogP contribution >= 0.6 is 0 Å². The van der Waals surface area contributed by atoms with Gasteiger partial charge in [0.15, 0.2) is 12.4 Å². The standard InChI is InChI=1S/C35H36O9/c1-39-28-20-18-27(19-21-28)35(25-14-8-4-9-15-25,26-16-10-5-11-17-26)42-23-29-30(36)31(37)32(33(40-2)43-29)44-34(38)41-22-24-12-6-3-7-13-24/h3-21,29-33,36-37H,22-23H2,1-2H3/t29-,30-,31+,32-,33-/m1/s1. The van der Waals surface area contributed by atoms with Crippen molar-refractivity contribution in [2.24, 2.45) is 0 Å². The van der Waals surface area contributed by atoms with Crippen molar-refractivity contribution in [3.8, 4) is 5.75 Å². The minimum Gasteiger partial charge on any atom is -0.497 e. The van der Waals surface area contributed by atoms with Crippen molar-refractivity contribution in [3.63, 3.8) is 0 Å². The zero-order valence-electron chi connectivity index (χ0n) is 24.5. The minimum absolute atomic E-state index is 0.0214. The Kier molecular flexibility index (Phi) is 10.3. The average molecular weight is 601 g/mol. The van der Waals surface area contributed by atoms with Gasteiger partial charge in [0.1, 0.15) is 36.3 Å². The smallest absolute Gasteiger partial charge is 0.497 e. The molecule has 1 aliphatic heterocycles. The third-order valence-electron chi connectivity index (χ3n) is 7.63. The van der Waals surface area contributed by atoms with Gasteiger partial charge in [-0.25, -0.2) is 4.79 Å². The predicted octanol–water partition coefficient (Wildman–Crippen LogP) is 4.82. The fourth-order valence-electron chi connectivity index (χ4n) is 5.35. The third kappa shape index (κ3) is 6.77. The highest BCUT2D eigenvalue weighted by Crippen LogP contribution is 2.41. The lowest BCUT2D eigenvalue weighted by Gasteiger charge is -2.43. The summed E-state index contributed by atoms with van der Waals surface area (Å²) in [5.41, 5.74) is 2.13. The molecule has 9 heteroatoms. The lowest BCUT2D eigenvalue weighted by atomic mass is 9.80. The van der Waals surface area contributed by atoms with Gasteiger partial charge in [-0.15, -0.1) is 0 Å². The van der Waals surface area contributed by atoms with Crippen LogP contribution in [0.4, 0.5) is 4.79 Å². The molecule has 5 atom stereocenters. The number of carbonyl (C=O) groups excluding carboxylic acids is 1. The Labute approximate surface area is 256 Å². The van der Waals surface area contributed by atoms with E-state index in [9.17, 15) is 15.0 Å². The Morgan fingerprint density at radius 1 is 0.750 bits per heavy atom. The molecule has 1 aliphatic rings. The largest absolute Gasteiger partial charge is 0.509 e. The highest BCUT2D eigenvalue weighted by Gasteiger charge is 2.49. The number of rotatable bonds is 11. The number of ether oxygens (including phenoxy) is 6. The van der Waals surface area contributed by atoms with Crippen LogP contribution in [0.25, 0.3) is 0 Å². The maximum absolute atomic E-state index is 12.5. The van der Waals surface area contributed by atoms with Gasteiger partial charge in [-0.3, -0.25) is 0 Å². The maximum Gasteiger partial charge on any atom is 0.509 e. The van der Waals surface area contributed by atoms with Gasteiger partial charge >= 0.3 is 6.16 Å². The van der Waals surface area contributed by atoms with E-state index in [1.54, 1.807) is 19.2 Å². The van der Waals surface area contributed by atoms with Crippen LogP contribution in [0.5, 0.6) is 5.75 Å². The Balaban J connectivity index is 1.38. The lowest BCUT2D eigenvalue weighted by Crippen LogP contribution is -2.60. The van der Waals surface area contributed by atoms with Crippen LogP contribution in [0.15, 0.2) is 115 Å². The van der Waals surface area contributed by atoms with Gasteiger partial charge < -0.3 is 38.6 Å². The summed E-state index contributed by atoms with van der Waals surface area (Å²) in [7, 11) is 2.96. The maximum atomic E-state index is 12.5. The summed E-state index contributed by atoms with van der Waals surface area (Å²) in [6.07, 6.45) is -7.64. The summed E-state index contributed by atoms with van der Waals surface area (Å²) >= 11 is 0. The van der Waals surface area contributed by atoms with Gasteiger partial charge in [0.2, 0.25) is 0 Å². The molecule has 4 aromatic rings. The molecule has 1 saturated heterocycles. The van der Waals surface area contributed by atoms with Crippen molar-refractivity contribution in [3.05, 3.63) is 138 Å². The Morgan fingerprint density at radius 2 is 1.30 bits per heavy atom. The first-order valence-electron chi connectivity index (χ1n) is 14.3. The van der Waals surface area contributed by atoms with Crippen LogP contribution in [0.1, 0.15) is 22.3 Å². The van der Waals surface area contributed by atoms with Crippen molar-refractivity contribution in [2.45, 2.75) is 42.9 Å². The van der Waals surface area contributed by atoms with Crippen molar-refractivity contribution in [1.82, 2.24) is 0 Å². The van der Waals surface area contributed by atoms with E-state index in [2.05, 4.69) is 0 Å². The second-order valence-electron chi connectivity index (χ2n) is 10.3. The van der Waals surface area contributed by atoms with Gasteiger partial charge in [-0.2, -0.15) is 0 Å². The van der Waals surface area contributed by atoms with E-state index in [0.717, 1.165) is 22.3 Å². The van der Waals surface area contributed by atoms with Gasteiger partial charge in [-0.05, 0) is 34.4 Å². The van der Waals surface area contributed by atoms with Crippen LogP contribution < -0.4 is 4.74 Å². The molecule has 4 aromatic carbocycles. The molecule has 44 heavy (non-hydrogen) atoms. The van der Waals surface area contributed by atoms with E-state index in [-0.39, 0.29) is 13.2 Å². The number of benzene rings is 4. The predicted molar refractivity (Wildman–Crippen MR) is 161 cm³/mol. The van der Waals surface area contributed by atoms with E-state index >= 15 is 0 Å². The monoisotopic (exact) mass is 600 g/mol. The molecule has 0 bridgehead atoms. The Morgan fingerprint density at radius 3 is 1.84 bits per heavy atom. The van der Waals surface area contributed by atoms with E-state index in [4.69, 9.17) is 28.4 Å². The van der Waals surface area contributed by atoms with Crippen LogP contribution in [-0.4, -0.2) is 67.9 Å². The van der Waals surface area contributed by atoms with E-state index in [0.29, 0.717) is 5.75 Å². The summed E-state index contributed by atoms with van der Waals surface area (Å²) in [5, 5.41) is 22.2. The number of aliphatic hydroxyl groups excluding tert-OH is 2. The molecule has 2 N–H and O–H groups in total. The Hall–Kier alpha value is -4.25. The van der Waals surface area contributed by atoms with Crippen LogP contribution in [0.3, 0.4) is 0 Å². The zero-order valence-corrected chi connectivity index (χ0v) is 24.5. The second kappa shape index (κ2) is 14.5. The van der Waals surface area contributed by atoms with E-state index in [1.165, 1.54) is 7.11 Å². The van der Waals surface area contributed by atoms with Gasteiger partial charge in [0, 0.05) is 7.11 Å². The van der Waals surface area contributed by atoms with Gasteiger partial charge in [-0.1, -0.05) is 103 Å². The first-order chi connectivity index (χ1) is 21.5. The molecule has 5 rings (SSSR count). The zero-order chi connectivity index (χ0) is 30.9. The molecule has 230 valence electrons. The Bertz CT molecular complexity index is 1410. The van der Waals surface area contributed by atoms with Crippen molar-refractivity contribution in [2.75, 3.05) is 20.8 Å². The molecular weight excluding hydrogens is 564 g/mol. The van der Waals surface area contributed by atoms with Crippen LogP contribution in [0, 0.1) is 0 Å². The molecular formula is C35H36O9. The molecule has 0 unspecified atom stereocenters. The lowest BCUT2D eigenvalue weighted by molar-refractivity contribution is -0.300. The molecule has 0 aromatic heterocycles. The fraction of sp³-hybridized carbons (Fsp3) is 0.286. The third-order valence-corrected chi connectivity index (χ3v) is 7.63. The van der Waals surface area contributed by atoms with Crippen molar-refractivity contribution < 1.29 is 43.4 Å². The first-order valence-corrected chi connectivity index (χ1v) is 14.3. The molecule has 0 saturated carbocycles. The van der Waals surface area contributed by atoms with E-state index < -0.39 is 42.5 Å². The highest BCUT2D eigenvalue weighted by atomic mass is 16.8. The SMILES string of the molecule is COc1ccc(C(OC[C@H]2O[C@@H](OC)[C@H](OC(=O)OCc3ccccc3)[C@@H](O)[C@@H]2O)(c2ccccc2)c2ccccc2)cc1. The summed E-state index contributed by atoms with van der Waals surface area (Å²) < 4.78 is 34.2. The van der Waals surface area contributed by atoms with E-state index in [1.807, 2.05) is 103 Å². The van der Waals surface area contributed by atoms with Gasteiger partial charge in [0.25, 0.3) is 0 Å². The molecule has 1 heterocycles. The molecule has 0 amide bonds. The quantitative estimate of drug-likeness (QED) is 0.185. The number of hydrogen-bond donors (Lipinski definition) is 2. The van der Waals surface area contributed by atoms with Crippen LogP contribution in [-0.2, 0) is 35.9 Å². The average Bonchev–Trinajstić information content (AvgIpc) is 3.08. The number of hydrogen-bond acceptors (Lipinski definition) is 9. The molecule has 0 spiro atoms. The fourth-order valence-corrected chi connectivity index (χ4v) is 5.35. The summed E-state index contributed by atoms with van der Waals surface area (Å²) in [6, 6.07) is 36.1. The van der Waals surface area contributed by atoms with Crippen molar-refractivity contribution in [1.29, 1.82) is 0 Å². The molecule has 1 fully saturated rings. The topological polar surface area (TPSA) is 113 Å². The second-order valence-corrected chi connectivity index (χ2v) is 10.3. The minimum atomic E-state index is -1.55. The number of methoxy groups -OCH3 is 2. The molecule has 9 nitrogen and oxygen atoms in total. The molecule has 0 radical (unpaired) electrons. The van der Waals surface area contributed by atoms with Crippen LogP contribution in [0.2, 0.25) is 0 Å². The summed E-state index contributed by atoms with van der Waals surface area (Å²) in [5.74, 6) is 0.689. The number of carbonyl (C=O) groups is 1.